The van der Waals surface area contributed by atoms with Gasteiger partial charge in [-0.25, -0.2) is 0 Å². The number of hydrogen-bond donors (Lipinski definition) is 2. The van der Waals surface area contributed by atoms with Crippen molar-refractivity contribution in [2.24, 2.45) is 4.99 Å². The van der Waals surface area contributed by atoms with Crippen molar-refractivity contribution >= 4 is 21.9 Å². The third kappa shape index (κ3) is 5.71. The van der Waals surface area contributed by atoms with Crippen LogP contribution in [-0.4, -0.2) is 24.5 Å². The van der Waals surface area contributed by atoms with Crippen molar-refractivity contribution in [3.05, 3.63) is 28.0 Å². The molecule has 19 heavy (non-hydrogen) atoms. The second kappa shape index (κ2) is 8.48. The lowest BCUT2D eigenvalue weighted by atomic mass is 10.1. The number of aromatic nitrogens is 1. The Balaban J connectivity index is 2.26. The van der Waals surface area contributed by atoms with Crippen molar-refractivity contribution < 1.29 is 0 Å². The van der Waals surface area contributed by atoms with E-state index in [-0.39, 0.29) is 0 Å². The van der Waals surface area contributed by atoms with Gasteiger partial charge in [0.25, 0.3) is 0 Å². The molecule has 0 atom stereocenters. The molecule has 0 fully saturated rings. The molecule has 0 aliphatic rings. The van der Waals surface area contributed by atoms with Crippen LogP contribution < -0.4 is 10.6 Å². The number of aliphatic imine (C=N–C) groups is 1. The molecule has 6 heteroatoms. The molecule has 0 aliphatic heterocycles. The van der Waals surface area contributed by atoms with Gasteiger partial charge in [-0.15, -0.1) is 0 Å². The number of unbranched alkanes of at least 4 members (excludes halogenated alkanes) is 1. The van der Waals surface area contributed by atoms with Gasteiger partial charge in [0, 0.05) is 30.0 Å². The van der Waals surface area contributed by atoms with Crippen LogP contribution in [-0.2, 0) is 6.42 Å². The van der Waals surface area contributed by atoms with Gasteiger partial charge in [-0.2, -0.15) is 5.26 Å². The molecule has 102 valence electrons. The van der Waals surface area contributed by atoms with E-state index in [0.29, 0.717) is 5.96 Å². The van der Waals surface area contributed by atoms with E-state index in [0.717, 1.165) is 36.0 Å². The zero-order valence-electron chi connectivity index (χ0n) is 11.2. The lowest BCUT2D eigenvalue weighted by molar-refractivity contribution is 0.692. The van der Waals surface area contributed by atoms with Crippen molar-refractivity contribution in [2.75, 3.05) is 13.6 Å². The molecule has 1 heterocycles. The van der Waals surface area contributed by atoms with Gasteiger partial charge in [0.15, 0.2) is 6.19 Å². The highest BCUT2D eigenvalue weighted by molar-refractivity contribution is 9.10. The second-order valence-electron chi connectivity index (χ2n) is 4.11. The van der Waals surface area contributed by atoms with Gasteiger partial charge in [0.2, 0.25) is 5.96 Å². The Morgan fingerprint density at radius 2 is 2.32 bits per heavy atom. The number of nitrogens with zero attached hydrogens (tertiary/aromatic N) is 3. The number of nitrogens with one attached hydrogen (secondary N) is 2. The van der Waals surface area contributed by atoms with E-state index >= 15 is 0 Å². The quantitative estimate of drug-likeness (QED) is 0.286. The van der Waals surface area contributed by atoms with Gasteiger partial charge in [-0.05, 0) is 53.7 Å². The number of halogens is 1. The summed E-state index contributed by atoms with van der Waals surface area (Å²) in [6.45, 7) is 2.86. The normalized spacial score (nSPS) is 10.9. The first-order chi connectivity index (χ1) is 9.17. The summed E-state index contributed by atoms with van der Waals surface area (Å²) in [4.78, 5) is 8.32. The molecule has 0 saturated carbocycles. The first kappa shape index (κ1) is 15.4. The summed E-state index contributed by atoms with van der Waals surface area (Å²) >= 11 is 3.41. The highest BCUT2D eigenvalue weighted by Crippen LogP contribution is 2.14. The van der Waals surface area contributed by atoms with Gasteiger partial charge < -0.3 is 5.32 Å². The van der Waals surface area contributed by atoms with Crippen LogP contribution in [0, 0.1) is 18.4 Å². The molecule has 0 bridgehead atoms. The van der Waals surface area contributed by atoms with Crippen LogP contribution in [0.2, 0.25) is 0 Å². The van der Waals surface area contributed by atoms with Gasteiger partial charge in [-0.1, -0.05) is 0 Å². The van der Waals surface area contributed by atoms with E-state index in [1.165, 1.54) is 5.56 Å². The first-order valence-electron chi connectivity index (χ1n) is 6.14. The summed E-state index contributed by atoms with van der Waals surface area (Å²) < 4.78 is 1.02. The van der Waals surface area contributed by atoms with Gasteiger partial charge in [-0.3, -0.25) is 15.3 Å². The molecule has 0 spiro atoms. The maximum absolute atomic E-state index is 8.48. The molecule has 0 unspecified atom stereocenters. The summed E-state index contributed by atoms with van der Waals surface area (Å²) in [6, 6.07) is 2.08. The molecular formula is C13H18BrN5. The number of rotatable bonds is 5. The van der Waals surface area contributed by atoms with Crippen LogP contribution >= 0.6 is 15.9 Å². The average molecular weight is 324 g/mol. The predicted molar refractivity (Wildman–Crippen MR) is 79.7 cm³/mol. The minimum absolute atomic E-state index is 0.514. The number of aryl methyl sites for hydroxylation is 2. The van der Waals surface area contributed by atoms with Crippen LogP contribution in [0.25, 0.3) is 0 Å². The van der Waals surface area contributed by atoms with Gasteiger partial charge in [0.05, 0.1) is 0 Å². The summed E-state index contributed by atoms with van der Waals surface area (Å²) in [5, 5.41) is 14.0. The monoisotopic (exact) mass is 323 g/mol. The SMILES string of the molecule is CN=C(NC#N)NCCCCc1ncc(Br)cc1C. The standard InChI is InChI=1S/C13H18BrN5/c1-10-7-11(14)8-18-12(10)5-3-4-6-17-13(16-2)19-9-15/h7-8H,3-6H2,1-2H3,(H2,16,17,19). The minimum atomic E-state index is 0.514. The fourth-order valence-corrected chi connectivity index (χ4v) is 2.13. The molecule has 5 nitrogen and oxygen atoms in total. The Bertz CT molecular complexity index is 478. The van der Waals surface area contributed by atoms with E-state index in [1.807, 2.05) is 12.4 Å². The van der Waals surface area contributed by atoms with Crippen molar-refractivity contribution in [3.8, 4) is 6.19 Å². The Morgan fingerprint density at radius 3 is 2.95 bits per heavy atom. The number of guanidine groups is 1. The van der Waals surface area contributed by atoms with Gasteiger partial charge >= 0.3 is 0 Å². The molecule has 2 N–H and O–H groups in total. The molecule has 1 aromatic heterocycles. The van der Waals surface area contributed by atoms with Crippen LogP contribution in [0.5, 0.6) is 0 Å². The largest absolute Gasteiger partial charge is 0.356 e. The van der Waals surface area contributed by atoms with E-state index in [9.17, 15) is 0 Å². The zero-order valence-corrected chi connectivity index (χ0v) is 12.8. The first-order valence-corrected chi connectivity index (χ1v) is 6.93. The maximum atomic E-state index is 8.48. The second-order valence-corrected chi connectivity index (χ2v) is 5.03. The molecule has 0 saturated heterocycles. The smallest absolute Gasteiger partial charge is 0.204 e. The summed E-state index contributed by atoms with van der Waals surface area (Å²) in [6.07, 6.45) is 6.69. The van der Waals surface area contributed by atoms with Crippen molar-refractivity contribution in [3.63, 3.8) is 0 Å². The lowest BCUT2D eigenvalue weighted by Crippen LogP contribution is -2.34. The molecule has 0 aliphatic carbocycles. The molecule has 0 amide bonds. The molecule has 0 radical (unpaired) electrons. The topological polar surface area (TPSA) is 73.1 Å². The van der Waals surface area contributed by atoms with E-state index in [4.69, 9.17) is 5.26 Å². The fraction of sp³-hybridized carbons (Fsp3) is 0.462. The van der Waals surface area contributed by atoms with E-state index < -0.39 is 0 Å². The summed E-state index contributed by atoms with van der Waals surface area (Å²) in [7, 11) is 1.64. The third-order valence-electron chi connectivity index (χ3n) is 2.68. The lowest BCUT2D eigenvalue weighted by Gasteiger charge is -2.07. The van der Waals surface area contributed by atoms with Crippen molar-refractivity contribution in [1.82, 2.24) is 15.6 Å². The number of hydrogen-bond acceptors (Lipinski definition) is 3. The van der Waals surface area contributed by atoms with Gasteiger partial charge in [0.1, 0.15) is 0 Å². The fourth-order valence-electron chi connectivity index (χ4n) is 1.69. The highest BCUT2D eigenvalue weighted by atomic mass is 79.9. The Morgan fingerprint density at radius 1 is 1.53 bits per heavy atom. The number of pyridine rings is 1. The van der Waals surface area contributed by atoms with Crippen LogP contribution in [0.15, 0.2) is 21.7 Å². The Labute approximate surface area is 122 Å². The van der Waals surface area contributed by atoms with Crippen LogP contribution in [0.4, 0.5) is 0 Å². The Hall–Kier alpha value is -1.61. The van der Waals surface area contributed by atoms with Crippen molar-refractivity contribution in [1.29, 1.82) is 5.26 Å². The number of nitriles is 1. The molecular weight excluding hydrogens is 306 g/mol. The van der Waals surface area contributed by atoms with Crippen molar-refractivity contribution in [2.45, 2.75) is 26.2 Å². The minimum Gasteiger partial charge on any atom is -0.356 e. The van der Waals surface area contributed by atoms with E-state index in [1.54, 1.807) is 7.05 Å². The molecule has 0 aromatic carbocycles. The maximum Gasteiger partial charge on any atom is 0.204 e. The zero-order chi connectivity index (χ0) is 14.1. The summed E-state index contributed by atoms with van der Waals surface area (Å²) in [5.74, 6) is 0.514. The molecule has 1 rings (SSSR count). The van der Waals surface area contributed by atoms with Crippen LogP contribution in [0.1, 0.15) is 24.1 Å². The van der Waals surface area contributed by atoms with Crippen LogP contribution in [0.3, 0.4) is 0 Å². The summed E-state index contributed by atoms with van der Waals surface area (Å²) in [5.41, 5.74) is 2.35. The third-order valence-corrected chi connectivity index (χ3v) is 3.12. The average Bonchev–Trinajstić information content (AvgIpc) is 2.39. The molecule has 1 aromatic rings. The Kier molecular flexibility index (Phi) is 6.90. The predicted octanol–water partition coefficient (Wildman–Crippen LogP) is 2.12. The van der Waals surface area contributed by atoms with E-state index in [2.05, 4.69) is 49.5 Å². The highest BCUT2D eigenvalue weighted by Gasteiger charge is 2.01.